The second-order valence-corrected chi connectivity index (χ2v) is 4.92. The highest BCUT2D eigenvalue weighted by molar-refractivity contribution is 5.97. The lowest BCUT2D eigenvalue weighted by Crippen LogP contribution is -2.28. The molecule has 1 amide bonds. The Hall–Kier alpha value is -3.02. The predicted molar refractivity (Wildman–Crippen MR) is 86.9 cm³/mol. The van der Waals surface area contributed by atoms with Crippen LogP contribution in [0.2, 0.25) is 0 Å². The van der Waals surface area contributed by atoms with Gasteiger partial charge in [0.25, 0.3) is 5.91 Å². The second-order valence-electron chi connectivity index (χ2n) is 4.92. The van der Waals surface area contributed by atoms with Gasteiger partial charge in [-0.15, -0.1) is 0 Å². The summed E-state index contributed by atoms with van der Waals surface area (Å²) in [6.07, 6.45) is 1.61. The van der Waals surface area contributed by atoms with Gasteiger partial charge in [0, 0.05) is 11.6 Å². The number of nitrogens with zero attached hydrogens (tertiary/aromatic N) is 1. The molecule has 1 heterocycles. The van der Waals surface area contributed by atoms with Crippen LogP contribution in [0, 0.1) is 0 Å². The van der Waals surface area contributed by atoms with Crippen LogP contribution >= 0.6 is 0 Å². The van der Waals surface area contributed by atoms with E-state index < -0.39 is 0 Å². The van der Waals surface area contributed by atoms with Gasteiger partial charge >= 0.3 is 0 Å². The Bertz CT molecular complexity index is 813. The number of aromatic nitrogens is 2. The Morgan fingerprint density at radius 1 is 1.22 bits per heavy atom. The minimum absolute atomic E-state index is 0.143. The van der Waals surface area contributed by atoms with Crippen molar-refractivity contribution in [1.82, 2.24) is 15.3 Å². The van der Waals surface area contributed by atoms with Crippen LogP contribution in [-0.2, 0) is 0 Å². The van der Waals surface area contributed by atoms with E-state index >= 15 is 0 Å². The lowest BCUT2D eigenvalue weighted by molar-refractivity contribution is 0.0947. The van der Waals surface area contributed by atoms with Gasteiger partial charge in [-0.1, -0.05) is 6.07 Å². The minimum atomic E-state index is -0.143. The van der Waals surface area contributed by atoms with Crippen LogP contribution in [0.4, 0.5) is 0 Å². The van der Waals surface area contributed by atoms with Gasteiger partial charge in [0.05, 0.1) is 31.0 Å². The number of nitrogens with one attached hydrogen (secondary N) is 2. The number of aromatic amines is 1. The number of carbonyl (C=O) groups is 1. The number of H-pyrrole nitrogens is 1. The molecule has 0 aliphatic carbocycles. The number of hydrogen-bond donors (Lipinski definition) is 2. The van der Waals surface area contributed by atoms with Gasteiger partial charge in [-0.3, -0.25) is 4.79 Å². The molecule has 3 rings (SSSR count). The standard InChI is InChI=1S/C17H17N3O3/c1-22-13-3-2-4-14(10-13)23-8-7-18-17(21)12-5-6-15-16(9-12)20-11-19-15/h2-6,9-11H,7-8H2,1H3,(H,18,21)(H,19,20). The average Bonchev–Trinajstić information content (AvgIpc) is 3.06. The molecule has 2 aromatic carbocycles. The molecule has 0 aliphatic rings. The largest absolute Gasteiger partial charge is 0.497 e. The van der Waals surface area contributed by atoms with Gasteiger partial charge in [0.15, 0.2) is 0 Å². The van der Waals surface area contributed by atoms with Crippen molar-refractivity contribution in [3.8, 4) is 11.5 Å². The maximum absolute atomic E-state index is 12.1. The van der Waals surface area contributed by atoms with E-state index in [1.54, 1.807) is 31.6 Å². The van der Waals surface area contributed by atoms with Gasteiger partial charge < -0.3 is 19.8 Å². The van der Waals surface area contributed by atoms with E-state index in [0.717, 1.165) is 16.8 Å². The number of amides is 1. The summed E-state index contributed by atoms with van der Waals surface area (Å²) < 4.78 is 10.7. The first-order chi connectivity index (χ1) is 11.3. The third-order valence-corrected chi connectivity index (χ3v) is 3.38. The van der Waals surface area contributed by atoms with Crippen molar-refractivity contribution in [2.45, 2.75) is 0 Å². The fraction of sp³-hybridized carbons (Fsp3) is 0.176. The Morgan fingerprint density at radius 2 is 2.09 bits per heavy atom. The number of rotatable bonds is 6. The molecule has 0 bridgehead atoms. The summed E-state index contributed by atoms with van der Waals surface area (Å²) in [5, 5.41) is 2.83. The van der Waals surface area contributed by atoms with Gasteiger partial charge in [-0.05, 0) is 30.3 Å². The number of methoxy groups -OCH3 is 1. The van der Waals surface area contributed by atoms with E-state index in [1.807, 2.05) is 24.3 Å². The van der Waals surface area contributed by atoms with E-state index in [1.165, 1.54) is 0 Å². The van der Waals surface area contributed by atoms with Crippen LogP contribution < -0.4 is 14.8 Å². The maximum atomic E-state index is 12.1. The van der Waals surface area contributed by atoms with Crippen LogP contribution in [0.15, 0.2) is 48.8 Å². The van der Waals surface area contributed by atoms with Crippen molar-refractivity contribution < 1.29 is 14.3 Å². The summed E-state index contributed by atoms with van der Waals surface area (Å²) in [7, 11) is 1.61. The summed E-state index contributed by atoms with van der Waals surface area (Å²) in [5.41, 5.74) is 2.26. The molecule has 0 spiro atoms. The molecule has 0 atom stereocenters. The van der Waals surface area contributed by atoms with E-state index in [-0.39, 0.29) is 5.91 Å². The molecule has 0 saturated heterocycles. The topological polar surface area (TPSA) is 76.2 Å². The molecular weight excluding hydrogens is 294 g/mol. The molecule has 6 heteroatoms. The zero-order valence-corrected chi connectivity index (χ0v) is 12.7. The average molecular weight is 311 g/mol. The van der Waals surface area contributed by atoms with Crippen LogP contribution in [0.5, 0.6) is 11.5 Å². The van der Waals surface area contributed by atoms with E-state index in [0.29, 0.717) is 24.5 Å². The lowest BCUT2D eigenvalue weighted by Gasteiger charge is -2.09. The number of benzene rings is 2. The predicted octanol–water partition coefficient (Wildman–Crippen LogP) is 2.38. The van der Waals surface area contributed by atoms with Crippen LogP contribution in [0.25, 0.3) is 11.0 Å². The first-order valence-electron chi connectivity index (χ1n) is 7.24. The number of carbonyl (C=O) groups excluding carboxylic acids is 1. The van der Waals surface area contributed by atoms with Crippen LogP contribution in [0.3, 0.4) is 0 Å². The Balaban J connectivity index is 1.50. The maximum Gasteiger partial charge on any atom is 0.251 e. The molecule has 6 nitrogen and oxygen atoms in total. The molecule has 118 valence electrons. The Kier molecular flexibility index (Phi) is 4.42. The number of hydrogen-bond acceptors (Lipinski definition) is 4. The normalized spacial score (nSPS) is 10.5. The SMILES string of the molecule is COc1cccc(OCCNC(=O)c2ccc3nc[nH]c3c2)c1. The van der Waals surface area contributed by atoms with Crippen molar-refractivity contribution in [1.29, 1.82) is 0 Å². The molecule has 2 N–H and O–H groups in total. The quantitative estimate of drug-likeness (QED) is 0.685. The zero-order chi connectivity index (χ0) is 16.1. The number of fused-ring (bicyclic) bond motifs is 1. The van der Waals surface area contributed by atoms with E-state index in [9.17, 15) is 4.79 Å². The molecular formula is C17H17N3O3. The zero-order valence-electron chi connectivity index (χ0n) is 12.7. The van der Waals surface area contributed by atoms with Gasteiger partial charge in [0.1, 0.15) is 18.1 Å². The van der Waals surface area contributed by atoms with Crippen LogP contribution in [0.1, 0.15) is 10.4 Å². The third-order valence-electron chi connectivity index (χ3n) is 3.38. The molecule has 3 aromatic rings. The first kappa shape index (κ1) is 14.9. The van der Waals surface area contributed by atoms with Crippen molar-refractivity contribution in [3.05, 3.63) is 54.4 Å². The fourth-order valence-corrected chi connectivity index (χ4v) is 2.20. The summed E-state index contributed by atoms with van der Waals surface area (Å²) in [4.78, 5) is 19.2. The molecule has 0 radical (unpaired) electrons. The van der Waals surface area contributed by atoms with Gasteiger partial charge in [-0.25, -0.2) is 4.98 Å². The first-order valence-corrected chi connectivity index (χ1v) is 7.24. The minimum Gasteiger partial charge on any atom is -0.497 e. The van der Waals surface area contributed by atoms with Crippen molar-refractivity contribution >= 4 is 16.9 Å². The number of ether oxygens (including phenoxy) is 2. The van der Waals surface area contributed by atoms with Gasteiger partial charge in [-0.2, -0.15) is 0 Å². The molecule has 0 fully saturated rings. The smallest absolute Gasteiger partial charge is 0.251 e. The van der Waals surface area contributed by atoms with E-state index in [2.05, 4.69) is 15.3 Å². The van der Waals surface area contributed by atoms with Crippen molar-refractivity contribution in [3.63, 3.8) is 0 Å². The highest BCUT2D eigenvalue weighted by Crippen LogP contribution is 2.18. The molecule has 0 aliphatic heterocycles. The highest BCUT2D eigenvalue weighted by atomic mass is 16.5. The van der Waals surface area contributed by atoms with Gasteiger partial charge in [0.2, 0.25) is 0 Å². The van der Waals surface area contributed by atoms with Crippen molar-refractivity contribution in [2.75, 3.05) is 20.3 Å². The summed E-state index contributed by atoms with van der Waals surface area (Å²) in [6, 6.07) is 12.7. The Labute approximate surface area is 133 Å². The van der Waals surface area contributed by atoms with E-state index in [4.69, 9.17) is 9.47 Å². The molecule has 0 saturated carbocycles. The summed E-state index contributed by atoms with van der Waals surface area (Å²) in [5.74, 6) is 1.30. The fourth-order valence-electron chi connectivity index (χ4n) is 2.20. The van der Waals surface area contributed by atoms with Crippen LogP contribution in [-0.4, -0.2) is 36.1 Å². The second kappa shape index (κ2) is 6.83. The highest BCUT2D eigenvalue weighted by Gasteiger charge is 2.07. The third kappa shape index (κ3) is 3.60. The number of imidazole rings is 1. The summed E-state index contributed by atoms with van der Waals surface area (Å²) >= 11 is 0. The summed E-state index contributed by atoms with van der Waals surface area (Å²) in [6.45, 7) is 0.794. The van der Waals surface area contributed by atoms with Crippen molar-refractivity contribution in [2.24, 2.45) is 0 Å². The lowest BCUT2D eigenvalue weighted by atomic mass is 10.2. The molecule has 0 unspecified atom stereocenters. The Morgan fingerprint density at radius 3 is 2.96 bits per heavy atom. The monoisotopic (exact) mass is 311 g/mol. The molecule has 1 aromatic heterocycles. The molecule has 23 heavy (non-hydrogen) atoms.